The molecule has 2 aromatic rings. The first kappa shape index (κ1) is 21.5. The first-order valence-electron chi connectivity index (χ1n) is 8.89. The molecule has 1 heterocycles. The van der Waals surface area contributed by atoms with Crippen molar-refractivity contribution in [2.45, 2.75) is 6.92 Å². The van der Waals surface area contributed by atoms with Gasteiger partial charge < -0.3 is 4.90 Å². The molecule has 2 amide bonds. The summed E-state index contributed by atoms with van der Waals surface area (Å²) >= 11 is 14.9. The normalized spacial score (nSPS) is 16.0. The molecule has 1 fully saturated rings. The van der Waals surface area contributed by atoms with E-state index in [2.05, 4.69) is 15.9 Å². The zero-order valence-electron chi connectivity index (χ0n) is 16.1. The van der Waals surface area contributed by atoms with Gasteiger partial charge in [0.2, 0.25) is 0 Å². The van der Waals surface area contributed by atoms with Gasteiger partial charge in [-0.05, 0) is 83.1 Å². The third kappa shape index (κ3) is 4.22. The lowest BCUT2D eigenvalue weighted by atomic mass is 10.1. The van der Waals surface area contributed by atoms with E-state index in [1.165, 1.54) is 9.80 Å². The largest absolute Gasteiger partial charge is 0.377 e. The molecule has 0 spiro atoms. The Morgan fingerprint density at radius 1 is 1.10 bits per heavy atom. The standard InChI is InChI=1S/C21H19BrClN3O2S/c1-4-25-19(27)16(11-13-5-10-18(24(2)3)17(22)12-13)20(28)26(21(25)29)15-8-6-14(23)7-9-15/h5-12H,4H2,1-3H3/b16-11-. The van der Waals surface area contributed by atoms with Crippen LogP contribution in [0.3, 0.4) is 0 Å². The predicted molar refractivity (Wildman–Crippen MR) is 125 cm³/mol. The molecule has 2 aromatic carbocycles. The quantitative estimate of drug-likeness (QED) is 0.352. The van der Waals surface area contributed by atoms with Crippen LogP contribution in [0.2, 0.25) is 5.02 Å². The van der Waals surface area contributed by atoms with Crippen LogP contribution in [0.1, 0.15) is 12.5 Å². The Morgan fingerprint density at radius 2 is 1.76 bits per heavy atom. The number of benzene rings is 2. The summed E-state index contributed by atoms with van der Waals surface area (Å²) in [6, 6.07) is 12.4. The van der Waals surface area contributed by atoms with Gasteiger partial charge in [-0.15, -0.1) is 0 Å². The number of hydrogen-bond acceptors (Lipinski definition) is 4. The maximum absolute atomic E-state index is 13.2. The molecule has 0 atom stereocenters. The highest BCUT2D eigenvalue weighted by Gasteiger charge is 2.39. The molecule has 0 saturated carbocycles. The summed E-state index contributed by atoms with van der Waals surface area (Å²) in [6.45, 7) is 2.18. The zero-order valence-corrected chi connectivity index (χ0v) is 19.3. The van der Waals surface area contributed by atoms with E-state index in [4.69, 9.17) is 23.8 Å². The molecule has 0 radical (unpaired) electrons. The van der Waals surface area contributed by atoms with E-state index in [0.29, 0.717) is 17.3 Å². The molecular weight excluding hydrogens is 474 g/mol. The molecule has 150 valence electrons. The van der Waals surface area contributed by atoms with Gasteiger partial charge in [0.15, 0.2) is 5.11 Å². The van der Waals surface area contributed by atoms with Gasteiger partial charge in [-0.25, -0.2) is 0 Å². The minimum absolute atomic E-state index is 0.0555. The molecule has 1 saturated heterocycles. The number of rotatable bonds is 4. The van der Waals surface area contributed by atoms with E-state index in [1.807, 2.05) is 44.1 Å². The van der Waals surface area contributed by atoms with Crippen molar-refractivity contribution in [1.82, 2.24) is 4.90 Å². The van der Waals surface area contributed by atoms with Crippen LogP contribution < -0.4 is 9.80 Å². The first-order valence-corrected chi connectivity index (χ1v) is 10.5. The Kier molecular flexibility index (Phi) is 6.41. The minimum Gasteiger partial charge on any atom is -0.377 e. The number of carbonyl (C=O) groups excluding carboxylic acids is 2. The molecule has 0 unspecified atom stereocenters. The molecule has 5 nitrogen and oxygen atoms in total. The lowest BCUT2D eigenvalue weighted by Gasteiger charge is -2.36. The van der Waals surface area contributed by atoms with Crippen LogP contribution in [0.4, 0.5) is 11.4 Å². The van der Waals surface area contributed by atoms with Crippen molar-refractivity contribution in [3.8, 4) is 0 Å². The van der Waals surface area contributed by atoms with E-state index in [9.17, 15) is 9.59 Å². The van der Waals surface area contributed by atoms with E-state index in [-0.39, 0.29) is 10.7 Å². The molecule has 8 heteroatoms. The van der Waals surface area contributed by atoms with E-state index < -0.39 is 11.8 Å². The molecule has 0 N–H and O–H groups in total. The van der Waals surface area contributed by atoms with Gasteiger partial charge in [-0.2, -0.15) is 0 Å². The second kappa shape index (κ2) is 8.65. The Balaban J connectivity index is 2.07. The second-order valence-electron chi connectivity index (χ2n) is 6.61. The van der Waals surface area contributed by atoms with Crippen LogP contribution in [0.15, 0.2) is 52.5 Å². The summed E-state index contributed by atoms with van der Waals surface area (Å²) in [4.78, 5) is 30.9. The molecule has 1 aliphatic rings. The Labute approximate surface area is 188 Å². The molecule has 29 heavy (non-hydrogen) atoms. The Bertz CT molecular complexity index is 1020. The van der Waals surface area contributed by atoms with Crippen molar-refractivity contribution >= 4 is 74.1 Å². The Morgan fingerprint density at radius 3 is 2.31 bits per heavy atom. The van der Waals surface area contributed by atoms with Crippen LogP contribution in [0.25, 0.3) is 6.08 Å². The van der Waals surface area contributed by atoms with Gasteiger partial charge in [0.05, 0.1) is 11.4 Å². The van der Waals surface area contributed by atoms with Crippen molar-refractivity contribution in [2.24, 2.45) is 0 Å². The summed E-state index contributed by atoms with van der Waals surface area (Å²) in [5.74, 6) is -0.861. The maximum atomic E-state index is 13.2. The molecule has 1 aliphatic heterocycles. The average Bonchev–Trinajstić information content (AvgIpc) is 2.67. The monoisotopic (exact) mass is 491 g/mol. The van der Waals surface area contributed by atoms with Gasteiger partial charge in [-0.1, -0.05) is 17.7 Å². The number of hydrogen-bond donors (Lipinski definition) is 0. The van der Waals surface area contributed by atoms with Crippen LogP contribution in [0, 0.1) is 0 Å². The third-order valence-corrected chi connectivity index (χ3v) is 5.79. The van der Waals surface area contributed by atoms with Gasteiger partial charge in [0.25, 0.3) is 11.8 Å². The Hall–Kier alpha value is -2.22. The van der Waals surface area contributed by atoms with Crippen molar-refractivity contribution in [1.29, 1.82) is 0 Å². The topological polar surface area (TPSA) is 43.9 Å². The van der Waals surface area contributed by atoms with Gasteiger partial charge in [0, 0.05) is 30.1 Å². The van der Waals surface area contributed by atoms with E-state index in [0.717, 1.165) is 15.7 Å². The fraction of sp³-hybridized carbons (Fsp3) is 0.190. The predicted octanol–water partition coefficient (Wildman–Crippen LogP) is 4.73. The van der Waals surface area contributed by atoms with Crippen molar-refractivity contribution in [2.75, 3.05) is 30.4 Å². The summed E-state index contributed by atoms with van der Waals surface area (Å²) in [7, 11) is 3.88. The summed E-state index contributed by atoms with van der Waals surface area (Å²) < 4.78 is 0.866. The minimum atomic E-state index is -0.458. The molecule has 0 aromatic heterocycles. The molecule has 3 rings (SSSR count). The first-order chi connectivity index (χ1) is 13.7. The van der Waals surface area contributed by atoms with Crippen LogP contribution >= 0.6 is 39.7 Å². The SMILES string of the molecule is CCN1C(=O)/C(=C/c2ccc(N(C)C)c(Br)c2)C(=O)N(c2ccc(Cl)cc2)C1=S. The molecule has 0 aliphatic carbocycles. The lowest BCUT2D eigenvalue weighted by Crippen LogP contribution is -2.56. The number of halogens is 2. The van der Waals surface area contributed by atoms with Crippen LogP contribution in [0.5, 0.6) is 0 Å². The lowest BCUT2D eigenvalue weighted by molar-refractivity contribution is -0.127. The highest BCUT2D eigenvalue weighted by atomic mass is 79.9. The number of nitrogens with zero attached hydrogens (tertiary/aromatic N) is 3. The van der Waals surface area contributed by atoms with Gasteiger partial charge in [-0.3, -0.25) is 19.4 Å². The van der Waals surface area contributed by atoms with E-state index >= 15 is 0 Å². The average molecular weight is 493 g/mol. The van der Waals surface area contributed by atoms with Gasteiger partial charge >= 0.3 is 0 Å². The fourth-order valence-corrected chi connectivity index (χ4v) is 4.29. The zero-order chi connectivity index (χ0) is 21.3. The highest BCUT2D eigenvalue weighted by molar-refractivity contribution is 9.10. The van der Waals surface area contributed by atoms with Gasteiger partial charge in [0.1, 0.15) is 5.57 Å². The van der Waals surface area contributed by atoms with Crippen molar-refractivity contribution < 1.29 is 9.59 Å². The number of thiocarbonyl (C=S) groups is 1. The fourth-order valence-electron chi connectivity index (χ4n) is 3.01. The third-order valence-electron chi connectivity index (χ3n) is 4.50. The summed E-state index contributed by atoms with van der Waals surface area (Å²) in [5, 5.41) is 0.709. The summed E-state index contributed by atoms with van der Waals surface area (Å²) in [6.07, 6.45) is 1.60. The van der Waals surface area contributed by atoms with E-state index in [1.54, 1.807) is 30.3 Å². The second-order valence-corrected chi connectivity index (χ2v) is 8.27. The summed E-state index contributed by atoms with van der Waals surface area (Å²) in [5.41, 5.74) is 2.34. The highest BCUT2D eigenvalue weighted by Crippen LogP contribution is 2.30. The smallest absolute Gasteiger partial charge is 0.270 e. The van der Waals surface area contributed by atoms with Crippen molar-refractivity contribution in [3.63, 3.8) is 0 Å². The van der Waals surface area contributed by atoms with Crippen molar-refractivity contribution in [3.05, 3.63) is 63.1 Å². The van der Waals surface area contributed by atoms with Crippen LogP contribution in [-0.2, 0) is 9.59 Å². The number of anilines is 2. The van der Waals surface area contributed by atoms with Crippen LogP contribution in [-0.4, -0.2) is 42.5 Å². The maximum Gasteiger partial charge on any atom is 0.270 e. The molecule has 0 bridgehead atoms. The number of carbonyl (C=O) groups is 2. The number of likely N-dealkylation sites (N-methyl/N-ethyl adjacent to an activating group) is 1. The number of amides is 2. The molecular formula is C21H19BrClN3O2S.